The number of ether oxygens (including phenoxy) is 1. The molecule has 3 aromatic carbocycles. The summed E-state index contributed by atoms with van der Waals surface area (Å²) in [6.07, 6.45) is 1.44. The smallest absolute Gasteiger partial charge is 0.232 e. The van der Waals surface area contributed by atoms with E-state index in [9.17, 15) is 9.90 Å². The van der Waals surface area contributed by atoms with Crippen molar-refractivity contribution in [1.82, 2.24) is 5.32 Å². The average Bonchev–Trinajstić information content (AvgIpc) is 3.08. The molecule has 1 atom stereocenters. The summed E-state index contributed by atoms with van der Waals surface area (Å²) in [6.45, 7) is 0.199. The molecule has 2 aliphatic rings. The number of aryl methyl sites for hydroxylation is 1. The van der Waals surface area contributed by atoms with E-state index in [0.717, 1.165) is 28.7 Å². The second-order valence-corrected chi connectivity index (χ2v) is 7.52. The first kappa shape index (κ1) is 17.0. The van der Waals surface area contributed by atoms with Crippen LogP contribution in [0.15, 0.2) is 72.8 Å². The fraction of sp³-hybridized carbons (Fsp3) is 0.208. The van der Waals surface area contributed by atoms with Gasteiger partial charge in [0, 0.05) is 11.1 Å². The second-order valence-electron chi connectivity index (χ2n) is 7.52. The van der Waals surface area contributed by atoms with Gasteiger partial charge in [0.05, 0.1) is 12.5 Å². The van der Waals surface area contributed by atoms with E-state index in [-0.39, 0.29) is 12.5 Å². The molecule has 0 fully saturated rings. The van der Waals surface area contributed by atoms with Gasteiger partial charge in [0.1, 0.15) is 17.1 Å². The minimum absolute atomic E-state index is 0.124. The molecular formula is C24H21NO3. The van der Waals surface area contributed by atoms with Gasteiger partial charge >= 0.3 is 0 Å². The van der Waals surface area contributed by atoms with E-state index < -0.39 is 11.5 Å². The molecule has 1 amide bonds. The highest BCUT2D eigenvalue weighted by molar-refractivity contribution is 5.89. The number of fused-ring (bicyclic) bond motifs is 3. The van der Waals surface area contributed by atoms with Crippen molar-refractivity contribution in [1.29, 1.82) is 0 Å². The van der Waals surface area contributed by atoms with Gasteiger partial charge < -0.3 is 15.2 Å². The van der Waals surface area contributed by atoms with Gasteiger partial charge in [-0.15, -0.1) is 0 Å². The van der Waals surface area contributed by atoms with Gasteiger partial charge in [0.15, 0.2) is 0 Å². The lowest BCUT2D eigenvalue weighted by Gasteiger charge is -2.29. The maximum absolute atomic E-state index is 13.3. The van der Waals surface area contributed by atoms with Gasteiger partial charge in [-0.05, 0) is 36.1 Å². The Hall–Kier alpha value is -3.11. The van der Waals surface area contributed by atoms with E-state index in [4.69, 9.17) is 4.74 Å². The predicted octanol–water partition coefficient (Wildman–Crippen LogP) is 3.87. The highest BCUT2D eigenvalue weighted by atomic mass is 16.5. The molecule has 0 saturated carbocycles. The summed E-state index contributed by atoms with van der Waals surface area (Å²) in [4.78, 5) is 13.3. The van der Waals surface area contributed by atoms with Gasteiger partial charge in [0.2, 0.25) is 5.91 Å². The summed E-state index contributed by atoms with van der Waals surface area (Å²) >= 11 is 0. The van der Waals surface area contributed by atoms with Gasteiger partial charge in [-0.1, -0.05) is 60.7 Å². The van der Waals surface area contributed by atoms with E-state index >= 15 is 0 Å². The van der Waals surface area contributed by atoms with E-state index in [2.05, 4.69) is 5.32 Å². The van der Waals surface area contributed by atoms with Crippen LogP contribution in [-0.4, -0.2) is 17.6 Å². The lowest BCUT2D eigenvalue weighted by Crippen LogP contribution is -2.41. The molecule has 3 aromatic rings. The van der Waals surface area contributed by atoms with Crippen LogP contribution in [0.3, 0.4) is 0 Å². The maximum atomic E-state index is 13.3. The largest absolute Gasteiger partial charge is 0.457 e. The van der Waals surface area contributed by atoms with Gasteiger partial charge in [-0.25, -0.2) is 0 Å². The number of rotatable bonds is 3. The van der Waals surface area contributed by atoms with Crippen LogP contribution in [0, 0.1) is 0 Å². The van der Waals surface area contributed by atoms with Gasteiger partial charge in [-0.2, -0.15) is 0 Å². The first-order valence-electron chi connectivity index (χ1n) is 9.60. The Labute approximate surface area is 163 Å². The zero-order valence-electron chi connectivity index (χ0n) is 15.4. The third-order valence-electron chi connectivity index (χ3n) is 5.82. The second kappa shape index (κ2) is 6.50. The fourth-order valence-electron chi connectivity index (χ4n) is 4.38. The Bertz CT molecular complexity index is 1020. The molecule has 140 valence electrons. The number of aliphatic hydroxyl groups is 1. The molecule has 1 aliphatic heterocycles. The number of amides is 1. The van der Waals surface area contributed by atoms with E-state index in [1.165, 1.54) is 0 Å². The van der Waals surface area contributed by atoms with Crippen LogP contribution >= 0.6 is 0 Å². The molecule has 0 unspecified atom stereocenters. The standard InChI is InChI=1S/C24H21NO3/c26-23(25-15-24(27)14-13-16-7-1-4-10-19(16)24)22-17-8-2-5-11-20(17)28-21-12-6-3-9-18(21)22/h1-12,22,27H,13-15H2,(H,25,26)/t24-/m1/s1. The van der Waals surface area contributed by atoms with Crippen LogP contribution in [0.2, 0.25) is 0 Å². The summed E-state index contributed by atoms with van der Waals surface area (Å²) in [6, 6.07) is 23.2. The number of carbonyl (C=O) groups is 1. The molecular weight excluding hydrogens is 350 g/mol. The SMILES string of the molecule is O=C(NC[C@]1(O)CCc2ccccc21)C1c2ccccc2Oc2ccccc21. The average molecular weight is 371 g/mol. The Kier molecular flexibility index (Phi) is 3.95. The Balaban J connectivity index is 1.44. The third kappa shape index (κ3) is 2.69. The van der Waals surface area contributed by atoms with E-state index in [0.29, 0.717) is 17.9 Å². The predicted molar refractivity (Wildman–Crippen MR) is 106 cm³/mol. The van der Waals surface area contributed by atoms with Crippen molar-refractivity contribution in [2.24, 2.45) is 0 Å². The van der Waals surface area contributed by atoms with Crippen molar-refractivity contribution in [3.05, 3.63) is 95.1 Å². The van der Waals surface area contributed by atoms with E-state index in [1.807, 2.05) is 72.8 Å². The van der Waals surface area contributed by atoms with Gasteiger partial charge in [-0.3, -0.25) is 4.79 Å². The van der Waals surface area contributed by atoms with Crippen molar-refractivity contribution < 1.29 is 14.6 Å². The van der Waals surface area contributed by atoms with Crippen molar-refractivity contribution in [2.75, 3.05) is 6.54 Å². The maximum Gasteiger partial charge on any atom is 0.232 e. The molecule has 4 nitrogen and oxygen atoms in total. The Morgan fingerprint density at radius 2 is 1.57 bits per heavy atom. The number of carbonyl (C=O) groups excluding carboxylic acids is 1. The minimum Gasteiger partial charge on any atom is -0.457 e. The van der Waals surface area contributed by atoms with Crippen LogP contribution in [0.5, 0.6) is 11.5 Å². The molecule has 5 rings (SSSR count). The Morgan fingerprint density at radius 3 is 2.29 bits per heavy atom. The van der Waals surface area contributed by atoms with E-state index in [1.54, 1.807) is 0 Å². The highest BCUT2D eigenvalue weighted by Crippen LogP contribution is 2.44. The van der Waals surface area contributed by atoms with Crippen molar-refractivity contribution in [3.63, 3.8) is 0 Å². The monoisotopic (exact) mass is 371 g/mol. The topological polar surface area (TPSA) is 58.6 Å². The first-order valence-corrected chi connectivity index (χ1v) is 9.60. The van der Waals surface area contributed by atoms with Crippen LogP contribution in [-0.2, 0) is 16.8 Å². The summed E-state index contributed by atoms with van der Waals surface area (Å²) in [5.74, 6) is 0.819. The van der Waals surface area contributed by atoms with Crippen molar-refractivity contribution in [3.8, 4) is 11.5 Å². The molecule has 1 aliphatic carbocycles. The van der Waals surface area contributed by atoms with Crippen molar-refractivity contribution >= 4 is 5.91 Å². The van der Waals surface area contributed by atoms with Crippen molar-refractivity contribution in [2.45, 2.75) is 24.4 Å². The molecule has 2 N–H and O–H groups in total. The van der Waals surface area contributed by atoms with Gasteiger partial charge in [0.25, 0.3) is 0 Å². The zero-order valence-corrected chi connectivity index (χ0v) is 15.4. The Morgan fingerprint density at radius 1 is 0.964 bits per heavy atom. The summed E-state index contributed by atoms with van der Waals surface area (Å²) in [5, 5.41) is 14.2. The molecule has 0 bridgehead atoms. The highest BCUT2D eigenvalue weighted by Gasteiger charge is 2.38. The molecule has 28 heavy (non-hydrogen) atoms. The molecule has 0 radical (unpaired) electrons. The summed E-state index contributed by atoms with van der Waals surface area (Å²) in [5.41, 5.74) is 2.75. The number of benzene rings is 3. The fourth-order valence-corrected chi connectivity index (χ4v) is 4.38. The number of para-hydroxylation sites is 2. The minimum atomic E-state index is -1.02. The number of hydrogen-bond donors (Lipinski definition) is 2. The molecule has 0 saturated heterocycles. The lowest BCUT2D eigenvalue weighted by atomic mass is 9.87. The molecule has 0 aromatic heterocycles. The zero-order chi connectivity index (χ0) is 19.1. The molecule has 1 heterocycles. The van der Waals surface area contributed by atoms with Crippen LogP contribution in [0.4, 0.5) is 0 Å². The van der Waals surface area contributed by atoms with Crippen LogP contribution < -0.4 is 10.1 Å². The number of hydrogen-bond acceptors (Lipinski definition) is 3. The van der Waals surface area contributed by atoms with Crippen LogP contribution in [0.1, 0.15) is 34.6 Å². The lowest BCUT2D eigenvalue weighted by molar-refractivity contribution is -0.123. The number of nitrogens with one attached hydrogen (secondary N) is 1. The quantitative estimate of drug-likeness (QED) is 0.735. The van der Waals surface area contributed by atoms with Crippen LogP contribution in [0.25, 0.3) is 0 Å². The summed E-state index contributed by atoms with van der Waals surface area (Å²) < 4.78 is 5.97. The molecule has 4 heteroatoms. The first-order chi connectivity index (χ1) is 13.7. The third-order valence-corrected chi connectivity index (χ3v) is 5.82. The normalized spacial score (nSPS) is 19.9. The summed E-state index contributed by atoms with van der Waals surface area (Å²) in [7, 11) is 0. The molecule has 0 spiro atoms.